The first kappa shape index (κ1) is 13.4. The third kappa shape index (κ3) is 2.87. The fourth-order valence-corrected chi connectivity index (χ4v) is 3.41. The normalized spacial score (nSPS) is 24.8. The molecule has 0 spiro atoms. The highest BCUT2D eigenvalue weighted by Gasteiger charge is 2.38. The van der Waals surface area contributed by atoms with Crippen molar-refractivity contribution in [3.63, 3.8) is 0 Å². The van der Waals surface area contributed by atoms with Gasteiger partial charge in [0.15, 0.2) is 0 Å². The first-order valence-corrected chi connectivity index (χ1v) is 7.25. The van der Waals surface area contributed by atoms with Crippen molar-refractivity contribution in [3.8, 4) is 0 Å². The van der Waals surface area contributed by atoms with E-state index in [1.807, 2.05) is 37.3 Å². The van der Waals surface area contributed by atoms with Crippen molar-refractivity contribution in [1.29, 1.82) is 0 Å². The number of hydrogen-bond acceptors (Lipinski definition) is 3. The number of benzene rings is 1. The maximum absolute atomic E-state index is 12.3. The van der Waals surface area contributed by atoms with E-state index in [0.717, 1.165) is 24.2 Å². The smallest absolute Gasteiger partial charge is 0.236 e. The SMILES string of the molecule is CC1(C(=O)N[C@@H](CO)c2ccccc2)CCCS1. The van der Waals surface area contributed by atoms with E-state index in [9.17, 15) is 9.90 Å². The third-order valence-corrected chi connectivity index (χ3v) is 4.91. The second-order valence-corrected chi connectivity index (χ2v) is 6.40. The van der Waals surface area contributed by atoms with Gasteiger partial charge < -0.3 is 10.4 Å². The second-order valence-electron chi connectivity index (χ2n) is 4.80. The summed E-state index contributed by atoms with van der Waals surface area (Å²) in [5.74, 6) is 1.08. The molecular weight excluding hydrogens is 246 g/mol. The highest BCUT2D eigenvalue weighted by molar-refractivity contribution is 8.01. The predicted octanol–water partition coefficient (Wildman–Crippen LogP) is 2.12. The van der Waals surface area contributed by atoms with Gasteiger partial charge in [-0.2, -0.15) is 0 Å². The van der Waals surface area contributed by atoms with Gasteiger partial charge in [0, 0.05) is 0 Å². The molecule has 98 valence electrons. The summed E-state index contributed by atoms with van der Waals surface area (Å²) in [6.45, 7) is 1.91. The van der Waals surface area contributed by atoms with Gasteiger partial charge in [-0.15, -0.1) is 11.8 Å². The molecule has 0 aliphatic carbocycles. The van der Waals surface area contributed by atoms with Crippen molar-refractivity contribution in [2.45, 2.75) is 30.6 Å². The Hall–Kier alpha value is -1.00. The topological polar surface area (TPSA) is 49.3 Å². The van der Waals surface area contributed by atoms with E-state index in [0.29, 0.717) is 0 Å². The van der Waals surface area contributed by atoms with Gasteiger partial charge >= 0.3 is 0 Å². The number of hydrogen-bond donors (Lipinski definition) is 2. The molecule has 18 heavy (non-hydrogen) atoms. The van der Waals surface area contributed by atoms with Crippen molar-refractivity contribution in [3.05, 3.63) is 35.9 Å². The second kappa shape index (κ2) is 5.76. The summed E-state index contributed by atoms with van der Waals surface area (Å²) in [6, 6.07) is 9.29. The lowest BCUT2D eigenvalue weighted by Gasteiger charge is -2.25. The summed E-state index contributed by atoms with van der Waals surface area (Å²) < 4.78 is -0.331. The van der Waals surface area contributed by atoms with Gasteiger partial charge in [0.25, 0.3) is 0 Å². The molecule has 1 saturated heterocycles. The average Bonchev–Trinajstić information content (AvgIpc) is 2.85. The molecule has 3 nitrogen and oxygen atoms in total. The van der Waals surface area contributed by atoms with Gasteiger partial charge in [-0.05, 0) is 31.1 Å². The Morgan fingerprint density at radius 1 is 1.50 bits per heavy atom. The van der Waals surface area contributed by atoms with E-state index < -0.39 is 0 Å². The van der Waals surface area contributed by atoms with Crippen LogP contribution in [0, 0.1) is 0 Å². The van der Waals surface area contributed by atoms with E-state index in [2.05, 4.69) is 5.32 Å². The number of rotatable bonds is 4. The number of nitrogens with one attached hydrogen (secondary N) is 1. The Kier molecular flexibility index (Phi) is 4.30. The van der Waals surface area contributed by atoms with Crippen LogP contribution in [0.1, 0.15) is 31.4 Å². The zero-order valence-electron chi connectivity index (χ0n) is 10.6. The van der Waals surface area contributed by atoms with Crippen molar-refractivity contribution >= 4 is 17.7 Å². The Balaban J connectivity index is 2.05. The summed E-state index contributed by atoms with van der Waals surface area (Å²) in [6.07, 6.45) is 2.00. The minimum Gasteiger partial charge on any atom is -0.394 e. The molecule has 0 saturated carbocycles. The molecule has 1 aromatic rings. The zero-order valence-corrected chi connectivity index (χ0v) is 11.4. The molecule has 2 atom stereocenters. The molecular formula is C14H19NO2S. The third-order valence-electron chi connectivity index (χ3n) is 3.39. The Morgan fingerprint density at radius 3 is 2.78 bits per heavy atom. The van der Waals surface area contributed by atoms with Crippen molar-refractivity contribution < 1.29 is 9.90 Å². The number of carbonyl (C=O) groups is 1. The summed E-state index contributed by atoms with van der Waals surface area (Å²) in [5, 5.41) is 12.4. The molecule has 2 N–H and O–H groups in total. The van der Waals surface area contributed by atoms with Crippen LogP contribution < -0.4 is 5.32 Å². The molecule has 4 heteroatoms. The lowest BCUT2D eigenvalue weighted by atomic mass is 10.0. The molecule has 1 aromatic carbocycles. The van der Waals surface area contributed by atoms with Gasteiger partial charge in [-0.3, -0.25) is 4.79 Å². The Bertz CT molecular complexity index is 402. The van der Waals surface area contributed by atoms with E-state index in [4.69, 9.17) is 0 Å². The van der Waals surface area contributed by atoms with E-state index >= 15 is 0 Å². The highest BCUT2D eigenvalue weighted by Crippen LogP contribution is 2.38. The fraction of sp³-hybridized carbons (Fsp3) is 0.500. The van der Waals surface area contributed by atoms with E-state index in [1.54, 1.807) is 11.8 Å². The molecule has 2 rings (SSSR count). The standard InChI is InChI=1S/C14H19NO2S/c1-14(8-5-9-18-14)13(17)15-12(10-16)11-6-3-2-4-7-11/h2-4,6-7,12,16H,5,8-10H2,1H3,(H,15,17)/t12-,14?/m0/s1. The summed E-state index contributed by atoms with van der Waals surface area (Å²) in [5.41, 5.74) is 0.944. The zero-order chi connectivity index (χ0) is 13.0. The number of aliphatic hydroxyl groups excluding tert-OH is 1. The molecule has 1 amide bonds. The van der Waals surface area contributed by atoms with Gasteiger partial charge in [0.1, 0.15) is 0 Å². The van der Waals surface area contributed by atoms with E-state index in [1.165, 1.54) is 0 Å². The molecule has 1 heterocycles. The Labute approximate surface area is 112 Å². The first-order valence-electron chi connectivity index (χ1n) is 6.26. The van der Waals surface area contributed by atoms with E-state index in [-0.39, 0.29) is 23.3 Å². The molecule has 1 aliphatic heterocycles. The van der Waals surface area contributed by atoms with Crippen LogP contribution in [-0.4, -0.2) is 28.1 Å². The van der Waals surface area contributed by atoms with Crippen molar-refractivity contribution in [2.24, 2.45) is 0 Å². The monoisotopic (exact) mass is 265 g/mol. The van der Waals surface area contributed by atoms with Crippen LogP contribution in [0.4, 0.5) is 0 Å². The lowest BCUT2D eigenvalue weighted by Crippen LogP contribution is -2.43. The summed E-state index contributed by atoms with van der Waals surface area (Å²) in [7, 11) is 0. The quantitative estimate of drug-likeness (QED) is 0.876. The molecule has 0 bridgehead atoms. The fourth-order valence-electron chi connectivity index (χ4n) is 2.19. The van der Waals surface area contributed by atoms with Crippen LogP contribution in [-0.2, 0) is 4.79 Å². The van der Waals surface area contributed by atoms with Crippen molar-refractivity contribution in [2.75, 3.05) is 12.4 Å². The molecule has 1 fully saturated rings. The first-order chi connectivity index (χ1) is 8.65. The minimum atomic E-state index is -0.331. The molecule has 1 unspecified atom stereocenters. The van der Waals surface area contributed by atoms with Crippen LogP contribution in [0.2, 0.25) is 0 Å². The van der Waals surface area contributed by atoms with Crippen LogP contribution in [0.15, 0.2) is 30.3 Å². The van der Waals surface area contributed by atoms with Gasteiger partial charge in [-0.25, -0.2) is 0 Å². The number of carbonyl (C=O) groups excluding carboxylic acids is 1. The number of amides is 1. The van der Waals surface area contributed by atoms with Crippen molar-refractivity contribution in [1.82, 2.24) is 5.32 Å². The Morgan fingerprint density at radius 2 is 2.22 bits per heavy atom. The van der Waals surface area contributed by atoms with Gasteiger partial charge in [-0.1, -0.05) is 30.3 Å². The maximum Gasteiger partial charge on any atom is 0.236 e. The molecule has 0 aromatic heterocycles. The summed E-state index contributed by atoms with van der Waals surface area (Å²) in [4.78, 5) is 12.3. The average molecular weight is 265 g/mol. The maximum atomic E-state index is 12.3. The van der Waals surface area contributed by atoms with Crippen LogP contribution >= 0.6 is 11.8 Å². The molecule has 0 radical (unpaired) electrons. The predicted molar refractivity (Wildman–Crippen MR) is 74.5 cm³/mol. The number of thioether (sulfide) groups is 1. The lowest BCUT2D eigenvalue weighted by molar-refractivity contribution is -0.124. The summed E-state index contributed by atoms with van der Waals surface area (Å²) >= 11 is 1.71. The number of aliphatic hydroxyl groups is 1. The van der Waals surface area contributed by atoms with Crippen LogP contribution in [0.25, 0.3) is 0 Å². The minimum absolute atomic E-state index is 0.0351. The highest BCUT2D eigenvalue weighted by atomic mass is 32.2. The molecule has 1 aliphatic rings. The van der Waals surface area contributed by atoms with Gasteiger partial charge in [0.05, 0.1) is 17.4 Å². The van der Waals surface area contributed by atoms with Crippen LogP contribution in [0.5, 0.6) is 0 Å². The largest absolute Gasteiger partial charge is 0.394 e. The van der Waals surface area contributed by atoms with Crippen LogP contribution in [0.3, 0.4) is 0 Å². The van der Waals surface area contributed by atoms with Gasteiger partial charge in [0.2, 0.25) is 5.91 Å².